The standard InChI is InChI=1S/C13H18O4S/c1-3-18(15)12-6-4-11(5-7-12)13(10-14)17-9-8-16-2/h4-7,10,13H,3,8-9H2,1-2H3. The van der Waals surface area contributed by atoms with Crippen molar-refractivity contribution in [3.8, 4) is 0 Å². The van der Waals surface area contributed by atoms with Crippen molar-refractivity contribution < 1.29 is 18.5 Å². The van der Waals surface area contributed by atoms with Crippen LogP contribution in [0, 0.1) is 0 Å². The van der Waals surface area contributed by atoms with Gasteiger partial charge in [0.05, 0.1) is 24.0 Å². The summed E-state index contributed by atoms with van der Waals surface area (Å²) in [7, 11) is 0.608. The Morgan fingerprint density at radius 3 is 2.44 bits per heavy atom. The molecule has 0 amide bonds. The van der Waals surface area contributed by atoms with Crippen LogP contribution in [0.25, 0.3) is 0 Å². The smallest absolute Gasteiger partial charge is 0.153 e. The van der Waals surface area contributed by atoms with Crippen LogP contribution in [0.15, 0.2) is 29.2 Å². The summed E-state index contributed by atoms with van der Waals surface area (Å²) in [6, 6.07) is 7.08. The van der Waals surface area contributed by atoms with Gasteiger partial charge in [0.15, 0.2) is 6.29 Å². The number of carbonyl (C=O) groups is 1. The summed E-state index contributed by atoms with van der Waals surface area (Å²) in [6.07, 6.45) is 0.158. The van der Waals surface area contributed by atoms with Gasteiger partial charge in [-0.2, -0.15) is 0 Å². The predicted molar refractivity (Wildman–Crippen MR) is 70.0 cm³/mol. The largest absolute Gasteiger partial charge is 0.382 e. The molecule has 0 spiro atoms. The topological polar surface area (TPSA) is 52.6 Å². The maximum absolute atomic E-state index is 11.6. The van der Waals surface area contributed by atoms with Crippen molar-refractivity contribution in [1.82, 2.24) is 0 Å². The Kier molecular flexibility index (Phi) is 6.78. The van der Waals surface area contributed by atoms with Gasteiger partial charge in [0.25, 0.3) is 0 Å². The summed E-state index contributed by atoms with van der Waals surface area (Å²) in [5, 5.41) is 0. The second kappa shape index (κ2) is 8.13. The summed E-state index contributed by atoms with van der Waals surface area (Å²) < 4.78 is 21.8. The van der Waals surface area contributed by atoms with E-state index in [-0.39, 0.29) is 0 Å². The number of ether oxygens (including phenoxy) is 2. The molecule has 18 heavy (non-hydrogen) atoms. The molecule has 0 saturated heterocycles. The molecule has 1 aromatic carbocycles. The highest BCUT2D eigenvalue weighted by Gasteiger charge is 2.11. The summed E-state index contributed by atoms with van der Waals surface area (Å²) in [4.78, 5) is 11.7. The number of benzene rings is 1. The second-order valence-corrected chi connectivity index (χ2v) is 5.36. The van der Waals surface area contributed by atoms with Gasteiger partial charge < -0.3 is 14.3 Å². The monoisotopic (exact) mass is 270 g/mol. The molecule has 0 aromatic heterocycles. The van der Waals surface area contributed by atoms with Crippen molar-refractivity contribution in [1.29, 1.82) is 0 Å². The molecule has 5 heteroatoms. The number of hydrogen-bond donors (Lipinski definition) is 0. The lowest BCUT2D eigenvalue weighted by Gasteiger charge is -2.12. The van der Waals surface area contributed by atoms with E-state index in [1.807, 2.05) is 6.92 Å². The van der Waals surface area contributed by atoms with Gasteiger partial charge in [0, 0.05) is 17.8 Å². The highest BCUT2D eigenvalue weighted by Crippen LogP contribution is 2.17. The van der Waals surface area contributed by atoms with Gasteiger partial charge in [0.1, 0.15) is 6.10 Å². The van der Waals surface area contributed by atoms with Crippen molar-refractivity contribution in [3.63, 3.8) is 0 Å². The van der Waals surface area contributed by atoms with Crippen LogP contribution in [-0.4, -0.2) is 36.6 Å². The Labute approximate surface area is 110 Å². The molecular weight excluding hydrogens is 252 g/mol. The van der Waals surface area contributed by atoms with Gasteiger partial charge in [-0.1, -0.05) is 19.1 Å². The highest BCUT2D eigenvalue weighted by atomic mass is 32.2. The van der Waals surface area contributed by atoms with Crippen molar-refractivity contribution in [2.75, 3.05) is 26.1 Å². The zero-order valence-corrected chi connectivity index (χ0v) is 11.4. The summed E-state index contributed by atoms with van der Waals surface area (Å²) >= 11 is 0. The van der Waals surface area contributed by atoms with Crippen LogP contribution in [0.4, 0.5) is 0 Å². The van der Waals surface area contributed by atoms with E-state index in [4.69, 9.17) is 9.47 Å². The lowest BCUT2D eigenvalue weighted by molar-refractivity contribution is -0.119. The molecule has 0 aliphatic rings. The molecule has 1 rings (SSSR count). The normalized spacial score (nSPS) is 14.1. The third-order valence-electron chi connectivity index (χ3n) is 2.44. The van der Waals surface area contributed by atoms with Crippen LogP contribution in [0.5, 0.6) is 0 Å². The first-order valence-electron chi connectivity index (χ1n) is 5.77. The molecule has 0 N–H and O–H groups in total. The fraction of sp³-hybridized carbons (Fsp3) is 0.462. The van der Waals surface area contributed by atoms with Gasteiger partial charge in [-0.15, -0.1) is 0 Å². The zero-order valence-electron chi connectivity index (χ0n) is 10.6. The van der Waals surface area contributed by atoms with Gasteiger partial charge in [-0.05, 0) is 17.7 Å². The molecule has 2 unspecified atom stereocenters. The number of rotatable bonds is 8. The Morgan fingerprint density at radius 2 is 1.94 bits per heavy atom. The fourth-order valence-corrected chi connectivity index (χ4v) is 2.22. The molecule has 0 saturated carbocycles. The maximum Gasteiger partial charge on any atom is 0.153 e. The van der Waals surface area contributed by atoms with E-state index in [1.54, 1.807) is 31.4 Å². The summed E-state index contributed by atoms with van der Waals surface area (Å²) in [5.41, 5.74) is 0.762. The van der Waals surface area contributed by atoms with Crippen LogP contribution in [-0.2, 0) is 25.1 Å². The molecule has 0 aliphatic heterocycles. The van der Waals surface area contributed by atoms with Crippen LogP contribution in [0.3, 0.4) is 0 Å². The van der Waals surface area contributed by atoms with E-state index in [9.17, 15) is 9.00 Å². The van der Waals surface area contributed by atoms with E-state index in [0.29, 0.717) is 19.0 Å². The molecule has 0 heterocycles. The maximum atomic E-state index is 11.6. The predicted octanol–water partition coefficient (Wildman–Crippen LogP) is 1.72. The summed E-state index contributed by atoms with van der Waals surface area (Å²) in [6.45, 7) is 2.68. The first kappa shape index (κ1) is 15.0. The zero-order chi connectivity index (χ0) is 13.4. The molecule has 100 valence electrons. The molecule has 0 aliphatic carbocycles. The number of hydrogen-bond acceptors (Lipinski definition) is 4. The minimum atomic E-state index is -0.970. The Bertz CT molecular complexity index is 388. The molecule has 0 fully saturated rings. The van der Waals surface area contributed by atoms with Crippen molar-refractivity contribution in [2.45, 2.75) is 17.9 Å². The van der Waals surface area contributed by atoms with Gasteiger partial charge in [-0.3, -0.25) is 4.21 Å². The number of aldehydes is 1. The Hall–Kier alpha value is -1.04. The van der Waals surface area contributed by atoms with Crippen molar-refractivity contribution >= 4 is 17.1 Å². The molecule has 4 nitrogen and oxygen atoms in total. The van der Waals surface area contributed by atoms with Gasteiger partial charge in [-0.25, -0.2) is 0 Å². The number of carbonyl (C=O) groups excluding carboxylic acids is 1. The Morgan fingerprint density at radius 1 is 1.28 bits per heavy atom. The van der Waals surface area contributed by atoms with Crippen LogP contribution >= 0.6 is 0 Å². The second-order valence-electron chi connectivity index (χ2n) is 3.62. The van der Waals surface area contributed by atoms with Gasteiger partial charge >= 0.3 is 0 Å². The fourth-order valence-electron chi connectivity index (χ4n) is 1.45. The van der Waals surface area contributed by atoms with E-state index in [1.165, 1.54) is 0 Å². The van der Waals surface area contributed by atoms with Gasteiger partial charge in [0.2, 0.25) is 0 Å². The minimum absolute atomic E-state index is 0.364. The molecule has 1 aromatic rings. The third kappa shape index (κ3) is 4.33. The van der Waals surface area contributed by atoms with Crippen molar-refractivity contribution in [2.24, 2.45) is 0 Å². The Balaban J connectivity index is 2.69. The van der Waals surface area contributed by atoms with E-state index in [2.05, 4.69) is 0 Å². The average molecular weight is 270 g/mol. The van der Waals surface area contributed by atoms with E-state index < -0.39 is 16.9 Å². The lowest BCUT2D eigenvalue weighted by atomic mass is 10.1. The average Bonchev–Trinajstić information content (AvgIpc) is 2.43. The van der Waals surface area contributed by atoms with Crippen LogP contribution < -0.4 is 0 Å². The third-order valence-corrected chi connectivity index (χ3v) is 3.76. The number of methoxy groups -OCH3 is 1. The summed E-state index contributed by atoms with van der Waals surface area (Å²) in [5.74, 6) is 0.584. The lowest BCUT2D eigenvalue weighted by Crippen LogP contribution is -2.10. The van der Waals surface area contributed by atoms with Crippen molar-refractivity contribution in [3.05, 3.63) is 29.8 Å². The quantitative estimate of drug-likeness (QED) is 0.533. The first-order valence-corrected chi connectivity index (χ1v) is 7.09. The first-order chi connectivity index (χ1) is 8.72. The van der Waals surface area contributed by atoms with E-state index >= 15 is 0 Å². The minimum Gasteiger partial charge on any atom is -0.382 e. The van der Waals surface area contributed by atoms with E-state index in [0.717, 1.165) is 16.7 Å². The molecular formula is C13H18O4S. The SMILES string of the molecule is CCS(=O)c1ccc(C(C=O)OCCOC)cc1. The van der Waals surface area contributed by atoms with Crippen LogP contribution in [0.1, 0.15) is 18.6 Å². The van der Waals surface area contributed by atoms with Crippen LogP contribution in [0.2, 0.25) is 0 Å². The molecule has 0 radical (unpaired) electrons. The molecule has 0 bridgehead atoms. The highest BCUT2D eigenvalue weighted by molar-refractivity contribution is 7.85. The molecule has 2 atom stereocenters.